The zero-order valence-electron chi connectivity index (χ0n) is 9.76. The first-order valence-electron chi connectivity index (χ1n) is 5.55. The normalized spacial score (nSPS) is 11.3. The summed E-state index contributed by atoms with van der Waals surface area (Å²) in [4.78, 5) is 0.262. The summed E-state index contributed by atoms with van der Waals surface area (Å²) in [7, 11) is -3.47. The molecule has 0 saturated heterocycles. The molecule has 4 heteroatoms. The minimum atomic E-state index is -3.47. The van der Waals surface area contributed by atoms with Crippen LogP contribution in [0.15, 0.2) is 47.4 Å². The van der Waals surface area contributed by atoms with E-state index in [1.54, 1.807) is 18.2 Å². The first-order valence-corrected chi connectivity index (χ1v) is 7.04. The van der Waals surface area contributed by atoms with Crippen molar-refractivity contribution in [3.05, 3.63) is 42.5 Å². The molecule has 2 rings (SSSR count). The van der Waals surface area contributed by atoms with Gasteiger partial charge in [0.05, 0.1) is 4.90 Å². The smallest absolute Gasteiger partial charge is 0.210 e. The van der Waals surface area contributed by atoms with Gasteiger partial charge in [0, 0.05) is 13.0 Å². The van der Waals surface area contributed by atoms with Gasteiger partial charge in [0.2, 0.25) is 10.0 Å². The van der Waals surface area contributed by atoms with Crippen molar-refractivity contribution in [2.45, 2.75) is 11.3 Å². The maximum Gasteiger partial charge on any atom is 0.240 e. The van der Waals surface area contributed by atoms with Crippen molar-refractivity contribution in [3.8, 4) is 12.3 Å². The third kappa shape index (κ3) is 2.70. The fraction of sp³-hybridized carbons (Fsp3) is 0.143. The van der Waals surface area contributed by atoms with Gasteiger partial charge in [-0.05, 0) is 22.9 Å². The Hall–Kier alpha value is -1.83. The van der Waals surface area contributed by atoms with E-state index in [1.807, 2.05) is 24.3 Å². The molecule has 0 spiro atoms. The molecule has 2 aromatic rings. The molecule has 0 aliphatic rings. The number of terminal acetylenes is 1. The molecule has 2 aromatic carbocycles. The first-order chi connectivity index (χ1) is 8.63. The van der Waals surface area contributed by atoms with Gasteiger partial charge in [0.15, 0.2) is 0 Å². The summed E-state index contributed by atoms with van der Waals surface area (Å²) in [5.41, 5.74) is 0. The van der Waals surface area contributed by atoms with Crippen molar-refractivity contribution in [2.75, 3.05) is 6.54 Å². The first kappa shape index (κ1) is 12.6. The van der Waals surface area contributed by atoms with Gasteiger partial charge < -0.3 is 0 Å². The number of benzene rings is 2. The Balaban J connectivity index is 2.33. The van der Waals surface area contributed by atoms with Crippen LogP contribution in [0, 0.1) is 12.3 Å². The zero-order chi connectivity index (χ0) is 13.0. The average Bonchev–Trinajstić information content (AvgIpc) is 2.38. The largest absolute Gasteiger partial charge is 0.240 e. The molecule has 3 nitrogen and oxygen atoms in total. The van der Waals surface area contributed by atoms with E-state index in [-0.39, 0.29) is 11.4 Å². The number of nitrogens with one attached hydrogen (secondary N) is 1. The number of hydrogen-bond donors (Lipinski definition) is 1. The van der Waals surface area contributed by atoms with Crippen LogP contribution < -0.4 is 4.72 Å². The third-order valence-corrected chi connectivity index (χ3v) is 4.05. The van der Waals surface area contributed by atoms with Gasteiger partial charge in [-0.3, -0.25) is 0 Å². The molecule has 0 atom stereocenters. The van der Waals surface area contributed by atoms with Crippen molar-refractivity contribution in [1.82, 2.24) is 4.72 Å². The molecule has 1 N–H and O–H groups in total. The lowest BCUT2D eigenvalue weighted by Crippen LogP contribution is -2.24. The molecule has 0 unspecified atom stereocenters. The monoisotopic (exact) mass is 259 g/mol. The van der Waals surface area contributed by atoms with Gasteiger partial charge in [-0.15, -0.1) is 12.3 Å². The van der Waals surface area contributed by atoms with Crippen molar-refractivity contribution >= 4 is 20.8 Å². The second kappa shape index (κ2) is 5.21. The summed E-state index contributed by atoms with van der Waals surface area (Å²) in [6, 6.07) is 12.7. The van der Waals surface area contributed by atoms with Crippen LogP contribution in [0.3, 0.4) is 0 Å². The molecule has 0 saturated carbocycles. The van der Waals surface area contributed by atoms with Gasteiger partial charge in [0.1, 0.15) is 0 Å². The predicted octanol–water partition coefficient (Wildman–Crippen LogP) is 2.14. The minimum Gasteiger partial charge on any atom is -0.210 e. The molecule has 18 heavy (non-hydrogen) atoms. The van der Waals surface area contributed by atoms with Crippen molar-refractivity contribution in [2.24, 2.45) is 0 Å². The van der Waals surface area contributed by atoms with E-state index in [0.29, 0.717) is 6.42 Å². The van der Waals surface area contributed by atoms with Crippen LogP contribution in [-0.2, 0) is 10.0 Å². The number of fused-ring (bicyclic) bond motifs is 1. The van der Waals surface area contributed by atoms with Crippen molar-refractivity contribution < 1.29 is 8.42 Å². The number of rotatable bonds is 4. The van der Waals surface area contributed by atoms with Crippen LogP contribution in [-0.4, -0.2) is 15.0 Å². The van der Waals surface area contributed by atoms with E-state index in [9.17, 15) is 8.42 Å². The highest BCUT2D eigenvalue weighted by Crippen LogP contribution is 2.18. The second-order valence-electron chi connectivity index (χ2n) is 3.86. The van der Waals surface area contributed by atoms with E-state index in [2.05, 4.69) is 10.6 Å². The Kier molecular flexibility index (Phi) is 3.66. The Bertz CT molecular complexity index is 699. The molecule has 0 aliphatic carbocycles. The number of sulfonamides is 1. The SMILES string of the molecule is C#CCCNS(=O)(=O)c1ccc2ccccc2c1. The molecule has 0 bridgehead atoms. The fourth-order valence-corrected chi connectivity index (χ4v) is 2.74. The van der Waals surface area contributed by atoms with Crippen LogP contribution in [0.5, 0.6) is 0 Å². The van der Waals surface area contributed by atoms with E-state index >= 15 is 0 Å². The van der Waals surface area contributed by atoms with Crippen LogP contribution >= 0.6 is 0 Å². The Labute approximate surface area is 107 Å². The summed E-state index contributed by atoms with van der Waals surface area (Å²) in [6.45, 7) is 0.256. The zero-order valence-corrected chi connectivity index (χ0v) is 10.6. The molecule has 0 radical (unpaired) electrons. The summed E-state index contributed by atoms with van der Waals surface area (Å²) >= 11 is 0. The molecular formula is C14H13NO2S. The molecule has 0 aromatic heterocycles. The van der Waals surface area contributed by atoms with Gasteiger partial charge in [-0.2, -0.15) is 0 Å². The van der Waals surface area contributed by atoms with E-state index in [4.69, 9.17) is 6.42 Å². The highest BCUT2D eigenvalue weighted by molar-refractivity contribution is 7.89. The maximum absolute atomic E-state index is 12.0. The summed E-state index contributed by atoms with van der Waals surface area (Å²) in [5.74, 6) is 2.39. The van der Waals surface area contributed by atoms with Crippen molar-refractivity contribution in [3.63, 3.8) is 0 Å². The Morgan fingerprint density at radius 1 is 1.11 bits per heavy atom. The summed E-state index contributed by atoms with van der Waals surface area (Å²) < 4.78 is 26.4. The second-order valence-corrected chi connectivity index (χ2v) is 5.63. The van der Waals surface area contributed by atoms with Crippen molar-refractivity contribution in [1.29, 1.82) is 0 Å². The maximum atomic E-state index is 12.0. The molecule has 92 valence electrons. The minimum absolute atomic E-state index is 0.256. The van der Waals surface area contributed by atoms with Gasteiger partial charge in [0.25, 0.3) is 0 Å². The molecular weight excluding hydrogens is 246 g/mol. The highest BCUT2D eigenvalue weighted by Gasteiger charge is 2.13. The summed E-state index contributed by atoms with van der Waals surface area (Å²) in [6.07, 6.45) is 5.47. The summed E-state index contributed by atoms with van der Waals surface area (Å²) in [5, 5.41) is 1.91. The van der Waals surface area contributed by atoms with Gasteiger partial charge >= 0.3 is 0 Å². The lowest BCUT2D eigenvalue weighted by Gasteiger charge is -2.06. The molecule has 0 aliphatic heterocycles. The Morgan fingerprint density at radius 2 is 1.83 bits per heavy atom. The fourth-order valence-electron chi connectivity index (χ4n) is 1.68. The van der Waals surface area contributed by atoms with E-state index in [0.717, 1.165) is 10.8 Å². The number of hydrogen-bond acceptors (Lipinski definition) is 2. The Morgan fingerprint density at radius 3 is 2.56 bits per heavy atom. The average molecular weight is 259 g/mol. The molecule has 0 amide bonds. The lowest BCUT2D eigenvalue weighted by molar-refractivity contribution is 0.582. The topological polar surface area (TPSA) is 46.2 Å². The van der Waals surface area contributed by atoms with Gasteiger partial charge in [-0.25, -0.2) is 13.1 Å². The lowest BCUT2D eigenvalue weighted by atomic mass is 10.1. The molecule has 0 heterocycles. The quantitative estimate of drug-likeness (QED) is 0.675. The molecule has 0 fully saturated rings. The van der Waals surface area contributed by atoms with Crippen LogP contribution in [0.2, 0.25) is 0 Å². The van der Waals surface area contributed by atoms with Crippen LogP contribution in [0.4, 0.5) is 0 Å². The van der Waals surface area contributed by atoms with Crippen LogP contribution in [0.1, 0.15) is 6.42 Å². The highest BCUT2D eigenvalue weighted by atomic mass is 32.2. The van der Waals surface area contributed by atoms with E-state index < -0.39 is 10.0 Å². The predicted molar refractivity (Wildman–Crippen MR) is 72.6 cm³/mol. The van der Waals surface area contributed by atoms with E-state index in [1.165, 1.54) is 0 Å². The third-order valence-electron chi connectivity index (χ3n) is 2.59. The van der Waals surface area contributed by atoms with Crippen LogP contribution in [0.25, 0.3) is 10.8 Å². The standard InChI is InChI=1S/C14H13NO2S/c1-2-3-10-15-18(16,17)14-9-8-12-6-4-5-7-13(12)11-14/h1,4-9,11,15H,3,10H2. The van der Waals surface area contributed by atoms with Gasteiger partial charge in [-0.1, -0.05) is 30.3 Å².